The highest BCUT2D eigenvalue weighted by Crippen LogP contribution is 2.03. The topological polar surface area (TPSA) is 159 Å². The maximum absolute atomic E-state index is 11.9. The second-order valence-corrected chi connectivity index (χ2v) is 5.69. The van der Waals surface area contributed by atoms with E-state index in [1.807, 2.05) is 0 Å². The van der Waals surface area contributed by atoms with Crippen molar-refractivity contribution in [2.24, 2.45) is 11.7 Å². The van der Waals surface area contributed by atoms with Crippen LogP contribution in [0, 0.1) is 5.92 Å². The Labute approximate surface area is 134 Å². The van der Waals surface area contributed by atoms with Crippen molar-refractivity contribution in [1.29, 1.82) is 0 Å². The van der Waals surface area contributed by atoms with E-state index in [0.29, 0.717) is 0 Å². The van der Waals surface area contributed by atoms with E-state index in [1.54, 1.807) is 13.8 Å². The van der Waals surface area contributed by atoms with Crippen molar-refractivity contribution < 1.29 is 29.4 Å². The molecule has 0 fully saturated rings. The summed E-state index contributed by atoms with van der Waals surface area (Å²) in [7, 11) is 0. The Kier molecular flexibility index (Phi) is 8.86. The lowest BCUT2D eigenvalue weighted by Gasteiger charge is -2.21. The number of nitrogens with one attached hydrogen (secondary N) is 2. The minimum Gasteiger partial charge on any atom is -0.480 e. The number of carboxylic acids is 2. The quantitative estimate of drug-likeness (QED) is 0.354. The number of hydrogen-bond donors (Lipinski definition) is 5. The molecule has 0 rings (SSSR count). The van der Waals surface area contributed by atoms with Gasteiger partial charge < -0.3 is 26.6 Å². The molecule has 0 unspecified atom stereocenters. The van der Waals surface area contributed by atoms with E-state index in [4.69, 9.17) is 15.9 Å². The van der Waals surface area contributed by atoms with Crippen LogP contribution in [0.5, 0.6) is 0 Å². The smallest absolute Gasteiger partial charge is 0.326 e. The van der Waals surface area contributed by atoms with Crippen molar-refractivity contribution in [2.45, 2.75) is 58.2 Å². The van der Waals surface area contributed by atoms with Crippen LogP contribution in [-0.4, -0.2) is 52.1 Å². The van der Waals surface area contributed by atoms with Gasteiger partial charge in [-0.1, -0.05) is 13.8 Å². The number of carbonyl (C=O) groups is 4. The molecule has 0 aliphatic rings. The van der Waals surface area contributed by atoms with Crippen LogP contribution in [0.25, 0.3) is 0 Å². The Morgan fingerprint density at radius 1 is 1.00 bits per heavy atom. The first-order chi connectivity index (χ1) is 10.6. The Bertz CT molecular complexity index is 452. The molecule has 0 saturated heterocycles. The summed E-state index contributed by atoms with van der Waals surface area (Å²) in [6, 6.07) is -2.95. The maximum Gasteiger partial charge on any atom is 0.326 e. The maximum atomic E-state index is 11.9. The Hall–Kier alpha value is -2.16. The number of carboxylic acid groups (broad SMARTS) is 2. The van der Waals surface area contributed by atoms with Gasteiger partial charge in [0.25, 0.3) is 0 Å². The van der Waals surface area contributed by atoms with Gasteiger partial charge >= 0.3 is 11.9 Å². The second kappa shape index (κ2) is 9.78. The average Bonchev–Trinajstić information content (AvgIpc) is 2.43. The van der Waals surface area contributed by atoms with E-state index in [1.165, 1.54) is 6.92 Å². The molecular weight excluding hydrogens is 306 g/mol. The van der Waals surface area contributed by atoms with E-state index in [0.717, 1.165) is 0 Å². The van der Waals surface area contributed by atoms with Gasteiger partial charge in [0, 0.05) is 6.42 Å². The second-order valence-electron chi connectivity index (χ2n) is 5.69. The van der Waals surface area contributed by atoms with Gasteiger partial charge in [-0.25, -0.2) is 4.79 Å². The molecule has 3 atom stereocenters. The summed E-state index contributed by atoms with van der Waals surface area (Å²) in [6.45, 7) is 4.76. The third kappa shape index (κ3) is 8.15. The SMILES string of the molecule is CC(C)[C@H](NC(=O)[C@H](C)NC(=O)CCC[C@H](N)C(=O)O)C(=O)O. The summed E-state index contributed by atoms with van der Waals surface area (Å²) in [4.78, 5) is 45.1. The van der Waals surface area contributed by atoms with Gasteiger partial charge in [-0.3, -0.25) is 14.4 Å². The molecule has 0 aromatic rings. The first-order valence-corrected chi connectivity index (χ1v) is 7.37. The van der Waals surface area contributed by atoms with Crippen LogP contribution in [0.15, 0.2) is 0 Å². The lowest BCUT2D eigenvalue weighted by molar-refractivity contribution is -0.143. The number of hydrogen-bond acceptors (Lipinski definition) is 5. The fourth-order valence-electron chi connectivity index (χ4n) is 1.78. The van der Waals surface area contributed by atoms with Crippen molar-refractivity contribution in [2.75, 3.05) is 0 Å². The van der Waals surface area contributed by atoms with E-state index in [9.17, 15) is 19.2 Å². The van der Waals surface area contributed by atoms with Gasteiger partial charge in [-0.05, 0) is 25.7 Å². The predicted molar refractivity (Wildman–Crippen MR) is 81.5 cm³/mol. The van der Waals surface area contributed by atoms with Crippen LogP contribution in [0.2, 0.25) is 0 Å². The first-order valence-electron chi connectivity index (χ1n) is 7.37. The largest absolute Gasteiger partial charge is 0.480 e. The van der Waals surface area contributed by atoms with E-state index in [2.05, 4.69) is 10.6 Å². The summed E-state index contributed by atoms with van der Waals surface area (Å²) in [5.41, 5.74) is 5.31. The fraction of sp³-hybridized carbons (Fsp3) is 0.714. The van der Waals surface area contributed by atoms with Crippen LogP contribution < -0.4 is 16.4 Å². The number of amides is 2. The molecule has 0 aromatic heterocycles. The van der Waals surface area contributed by atoms with Crippen LogP contribution in [0.1, 0.15) is 40.0 Å². The minimum absolute atomic E-state index is 0.0329. The summed E-state index contributed by atoms with van der Waals surface area (Å²) in [5.74, 6) is -3.60. The van der Waals surface area contributed by atoms with Crippen molar-refractivity contribution in [3.05, 3.63) is 0 Å². The molecule has 23 heavy (non-hydrogen) atoms. The molecule has 0 aliphatic heterocycles. The first kappa shape index (κ1) is 20.8. The van der Waals surface area contributed by atoms with Crippen molar-refractivity contribution in [3.8, 4) is 0 Å². The number of rotatable bonds is 10. The summed E-state index contributed by atoms with van der Waals surface area (Å²) < 4.78 is 0. The van der Waals surface area contributed by atoms with Crippen molar-refractivity contribution in [3.63, 3.8) is 0 Å². The molecule has 0 radical (unpaired) electrons. The third-order valence-electron chi connectivity index (χ3n) is 3.24. The minimum atomic E-state index is -1.14. The summed E-state index contributed by atoms with van der Waals surface area (Å²) >= 11 is 0. The number of aliphatic carboxylic acids is 2. The molecular formula is C14H25N3O6. The zero-order valence-corrected chi connectivity index (χ0v) is 13.5. The number of nitrogens with two attached hydrogens (primary N) is 1. The molecule has 0 aliphatic carbocycles. The molecule has 0 bridgehead atoms. The van der Waals surface area contributed by atoms with E-state index < -0.39 is 41.9 Å². The van der Waals surface area contributed by atoms with Gasteiger partial charge in [0.15, 0.2) is 0 Å². The molecule has 9 heteroatoms. The van der Waals surface area contributed by atoms with Gasteiger partial charge in [0.2, 0.25) is 11.8 Å². The third-order valence-corrected chi connectivity index (χ3v) is 3.24. The van der Waals surface area contributed by atoms with E-state index >= 15 is 0 Å². The molecule has 2 amide bonds. The van der Waals surface area contributed by atoms with E-state index in [-0.39, 0.29) is 25.2 Å². The standard InChI is InChI=1S/C14H25N3O6/c1-7(2)11(14(22)23)17-12(19)8(3)16-10(18)6-4-5-9(15)13(20)21/h7-9,11H,4-6,15H2,1-3H3,(H,16,18)(H,17,19)(H,20,21)(H,22,23)/t8-,9-,11-/m0/s1. The summed E-state index contributed by atoms with van der Waals surface area (Å²) in [6.07, 6.45) is 0.459. The van der Waals surface area contributed by atoms with Crippen LogP contribution in [0.3, 0.4) is 0 Å². The Morgan fingerprint density at radius 2 is 1.57 bits per heavy atom. The Balaban J connectivity index is 4.28. The van der Waals surface area contributed by atoms with Crippen LogP contribution in [-0.2, 0) is 19.2 Å². The van der Waals surface area contributed by atoms with Crippen molar-refractivity contribution in [1.82, 2.24) is 10.6 Å². The fourth-order valence-corrected chi connectivity index (χ4v) is 1.78. The van der Waals surface area contributed by atoms with Crippen LogP contribution >= 0.6 is 0 Å². The molecule has 0 heterocycles. The molecule has 0 spiro atoms. The zero-order chi connectivity index (χ0) is 18.2. The van der Waals surface area contributed by atoms with Crippen molar-refractivity contribution >= 4 is 23.8 Å². The summed E-state index contributed by atoms with van der Waals surface area (Å²) in [5, 5.41) is 22.4. The normalized spacial score (nSPS) is 14.7. The molecule has 0 aromatic carbocycles. The average molecular weight is 331 g/mol. The highest BCUT2D eigenvalue weighted by molar-refractivity contribution is 5.90. The lowest BCUT2D eigenvalue weighted by Crippen LogP contribution is -2.52. The predicted octanol–water partition coefficient (Wildman–Crippen LogP) is -0.701. The molecule has 9 nitrogen and oxygen atoms in total. The van der Waals surface area contributed by atoms with Crippen LogP contribution in [0.4, 0.5) is 0 Å². The van der Waals surface area contributed by atoms with Gasteiger partial charge in [-0.15, -0.1) is 0 Å². The van der Waals surface area contributed by atoms with Gasteiger partial charge in [0.05, 0.1) is 0 Å². The zero-order valence-electron chi connectivity index (χ0n) is 13.5. The molecule has 132 valence electrons. The lowest BCUT2D eigenvalue weighted by atomic mass is 10.0. The number of carbonyl (C=O) groups excluding carboxylic acids is 2. The van der Waals surface area contributed by atoms with Gasteiger partial charge in [-0.2, -0.15) is 0 Å². The molecule has 0 saturated carbocycles. The van der Waals surface area contributed by atoms with Gasteiger partial charge in [0.1, 0.15) is 18.1 Å². The monoisotopic (exact) mass is 331 g/mol. The highest BCUT2D eigenvalue weighted by Gasteiger charge is 2.26. The molecule has 6 N–H and O–H groups in total. The highest BCUT2D eigenvalue weighted by atomic mass is 16.4. The Morgan fingerprint density at radius 3 is 2.00 bits per heavy atom.